The number of nitrogens with zero attached hydrogens (tertiary/aromatic N) is 1. The first-order valence-corrected chi connectivity index (χ1v) is 5.23. The molecule has 2 N–H and O–H groups in total. The summed E-state index contributed by atoms with van der Waals surface area (Å²) in [6, 6.07) is 4.15. The van der Waals surface area contributed by atoms with Crippen molar-refractivity contribution < 1.29 is 5.11 Å². The van der Waals surface area contributed by atoms with E-state index in [0.29, 0.717) is 6.42 Å². The molecule has 2 heterocycles. The molecule has 14 heavy (non-hydrogen) atoms. The summed E-state index contributed by atoms with van der Waals surface area (Å²) in [6.07, 6.45) is 4.22. The summed E-state index contributed by atoms with van der Waals surface area (Å²) in [6.45, 7) is 1.19. The maximum Gasteiger partial charge on any atom is 0.129 e. The van der Waals surface area contributed by atoms with Gasteiger partial charge in [0.25, 0.3) is 0 Å². The number of hydrogen-bond donors (Lipinski definition) is 2. The first-order valence-electron chi connectivity index (χ1n) is 5.23. The van der Waals surface area contributed by atoms with E-state index in [1.54, 1.807) is 0 Å². The van der Waals surface area contributed by atoms with Gasteiger partial charge in [-0.1, -0.05) is 6.07 Å². The van der Waals surface area contributed by atoms with Gasteiger partial charge in [0, 0.05) is 25.3 Å². The third-order valence-electron chi connectivity index (χ3n) is 2.57. The van der Waals surface area contributed by atoms with E-state index in [1.807, 2.05) is 6.07 Å². The van der Waals surface area contributed by atoms with E-state index in [2.05, 4.69) is 16.4 Å². The molecule has 1 aromatic heterocycles. The molecule has 1 aromatic rings. The van der Waals surface area contributed by atoms with Crippen LogP contribution in [0.1, 0.15) is 24.1 Å². The van der Waals surface area contributed by atoms with Crippen LogP contribution in [0.15, 0.2) is 12.1 Å². The molecular weight excluding hydrogens is 176 g/mol. The Labute approximate surface area is 84.2 Å². The molecule has 0 fully saturated rings. The topological polar surface area (TPSA) is 45.2 Å². The van der Waals surface area contributed by atoms with E-state index in [4.69, 9.17) is 5.11 Å². The summed E-state index contributed by atoms with van der Waals surface area (Å²) in [7, 11) is 0. The zero-order valence-corrected chi connectivity index (χ0v) is 8.29. The van der Waals surface area contributed by atoms with Crippen LogP contribution in [0.4, 0.5) is 5.82 Å². The molecule has 0 aliphatic carbocycles. The molecule has 0 bridgehead atoms. The van der Waals surface area contributed by atoms with Crippen molar-refractivity contribution in [2.24, 2.45) is 0 Å². The van der Waals surface area contributed by atoms with Crippen molar-refractivity contribution >= 4 is 5.82 Å². The molecule has 0 atom stereocenters. The van der Waals surface area contributed by atoms with Gasteiger partial charge in [-0.15, -0.1) is 0 Å². The minimum absolute atomic E-state index is 0.172. The lowest BCUT2D eigenvalue weighted by Crippen LogP contribution is -2.04. The van der Waals surface area contributed by atoms with Gasteiger partial charge in [0.05, 0.1) is 0 Å². The third-order valence-corrected chi connectivity index (χ3v) is 2.57. The maximum absolute atomic E-state index is 8.82. The molecule has 1 aliphatic rings. The first kappa shape index (κ1) is 9.46. The summed E-state index contributed by atoms with van der Waals surface area (Å²) in [5, 5.41) is 12.2. The number of aromatic nitrogens is 1. The number of rotatable bonds is 2. The van der Waals surface area contributed by atoms with E-state index >= 15 is 0 Å². The van der Waals surface area contributed by atoms with Crippen LogP contribution in [0.2, 0.25) is 0 Å². The van der Waals surface area contributed by atoms with Crippen LogP contribution in [-0.4, -0.2) is 23.2 Å². The van der Waals surface area contributed by atoms with E-state index in [0.717, 1.165) is 24.5 Å². The average molecular weight is 192 g/mol. The monoisotopic (exact) mass is 192 g/mol. The summed E-state index contributed by atoms with van der Waals surface area (Å²) < 4.78 is 0. The van der Waals surface area contributed by atoms with Crippen LogP contribution in [0, 0.1) is 0 Å². The Morgan fingerprint density at radius 1 is 1.36 bits per heavy atom. The van der Waals surface area contributed by atoms with Gasteiger partial charge < -0.3 is 10.4 Å². The van der Waals surface area contributed by atoms with Gasteiger partial charge in [-0.25, -0.2) is 4.98 Å². The highest BCUT2D eigenvalue weighted by Gasteiger charge is 2.08. The molecule has 0 spiro atoms. The van der Waals surface area contributed by atoms with Gasteiger partial charge in [0.1, 0.15) is 5.82 Å². The number of anilines is 1. The second-order valence-corrected chi connectivity index (χ2v) is 3.67. The highest BCUT2D eigenvalue weighted by molar-refractivity contribution is 5.45. The number of aliphatic hydroxyl groups is 1. The van der Waals surface area contributed by atoms with Gasteiger partial charge in [0.15, 0.2) is 0 Å². The summed E-state index contributed by atoms with van der Waals surface area (Å²) in [5.41, 5.74) is 2.28. The molecule has 0 radical (unpaired) electrons. The van der Waals surface area contributed by atoms with E-state index < -0.39 is 0 Å². The standard InChI is InChI=1S/C11H16N2O/c14-8-6-10-5-4-9-3-1-2-7-12-11(9)13-10/h4-5,14H,1-3,6-8H2,(H,12,13). The van der Waals surface area contributed by atoms with Gasteiger partial charge in [-0.2, -0.15) is 0 Å². The van der Waals surface area contributed by atoms with Crippen molar-refractivity contribution in [2.75, 3.05) is 18.5 Å². The van der Waals surface area contributed by atoms with Crippen molar-refractivity contribution in [3.63, 3.8) is 0 Å². The number of fused-ring (bicyclic) bond motifs is 1. The molecule has 76 valence electrons. The lowest BCUT2D eigenvalue weighted by atomic mass is 10.1. The smallest absolute Gasteiger partial charge is 0.129 e. The molecule has 0 aromatic carbocycles. The molecule has 0 unspecified atom stereocenters. The molecule has 0 saturated heterocycles. The minimum Gasteiger partial charge on any atom is -0.396 e. The van der Waals surface area contributed by atoms with E-state index in [9.17, 15) is 0 Å². The Balaban J connectivity index is 2.23. The SMILES string of the molecule is OCCc1ccc2c(n1)NCCCC2. The van der Waals surface area contributed by atoms with Crippen LogP contribution >= 0.6 is 0 Å². The second kappa shape index (κ2) is 4.42. The zero-order valence-electron chi connectivity index (χ0n) is 8.29. The Kier molecular flexibility index (Phi) is 2.99. The molecule has 1 aliphatic heterocycles. The van der Waals surface area contributed by atoms with Crippen molar-refractivity contribution in [3.8, 4) is 0 Å². The van der Waals surface area contributed by atoms with Crippen LogP contribution in [0.25, 0.3) is 0 Å². The minimum atomic E-state index is 0.172. The Morgan fingerprint density at radius 3 is 3.14 bits per heavy atom. The molecular formula is C11H16N2O. The predicted octanol–water partition coefficient (Wildman–Crippen LogP) is 1.36. The van der Waals surface area contributed by atoms with Crippen molar-refractivity contribution in [3.05, 3.63) is 23.4 Å². The maximum atomic E-state index is 8.82. The number of nitrogens with one attached hydrogen (secondary N) is 1. The fraction of sp³-hybridized carbons (Fsp3) is 0.545. The van der Waals surface area contributed by atoms with Gasteiger partial charge in [0.2, 0.25) is 0 Å². The molecule has 3 nitrogen and oxygen atoms in total. The van der Waals surface area contributed by atoms with Crippen LogP contribution in [0.3, 0.4) is 0 Å². The summed E-state index contributed by atoms with van der Waals surface area (Å²) in [4.78, 5) is 4.49. The second-order valence-electron chi connectivity index (χ2n) is 3.67. The van der Waals surface area contributed by atoms with Crippen LogP contribution in [0.5, 0.6) is 0 Å². The summed E-state index contributed by atoms with van der Waals surface area (Å²) in [5.74, 6) is 1.02. The normalized spacial score (nSPS) is 15.5. The van der Waals surface area contributed by atoms with E-state index in [-0.39, 0.29) is 6.61 Å². The van der Waals surface area contributed by atoms with Crippen LogP contribution < -0.4 is 5.32 Å². The average Bonchev–Trinajstić information content (AvgIpc) is 2.42. The highest BCUT2D eigenvalue weighted by atomic mass is 16.3. The van der Waals surface area contributed by atoms with E-state index in [1.165, 1.54) is 18.4 Å². The summed E-state index contributed by atoms with van der Waals surface area (Å²) >= 11 is 0. The van der Waals surface area contributed by atoms with Crippen LogP contribution in [-0.2, 0) is 12.8 Å². The molecule has 2 rings (SSSR count). The Bertz CT molecular complexity index is 312. The van der Waals surface area contributed by atoms with Gasteiger partial charge in [-0.3, -0.25) is 0 Å². The number of pyridine rings is 1. The first-order chi connectivity index (χ1) is 6.90. The molecule has 3 heteroatoms. The fourth-order valence-electron chi connectivity index (χ4n) is 1.78. The number of aliphatic hydroxyl groups excluding tert-OH is 1. The fourth-order valence-corrected chi connectivity index (χ4v) is 1.78. The lowest BCUT2D eigenvalue weighted by molar-refractivity contribution is 0.298. The van der Waals surface area contributed by atoms with Gasteiger partial charge in [-0.05, 0) is 30.9 Å². The number of aryl methyl sites for hydroxylation is 1. The third kappa shape index (κ3) is 2.04. The predicted molar refractivity (Wildman–Crippen MR) is 56.5 cm³/mol. The Hall–Kier alpha value is -1.09. The molecule has 0 amide bonds. The quantitative estimate of drug-likeness (QED) is 0.743. The van der Waals surface area contributed by atoms with Crippen molar-refractivity contribution in [1.82, 2.24) is 4.98 Å². The highest BCUT2D eigenvalue weighted by Crippen LogP contribution is 2.19. The number of hydrogen-bond acceptors (Lipinski definition) is 3. The van der Waals surface area contributed by atoms with Crippen molar-refractivity contribution in [2.45, 2.75) is 25.7 Å². The Morgan fingerprint density at radius 2 is 2.29 bits per heavy atom. The van der Waals surface area contributed by atoms with Crippen molar-refractivity contribution in [1.29, 1.82) is 0 Å². The zero-order chi connectivity index (χ0) is 9.80. The molecule has 0 saturated carbocycles. The largest absolute Gasteiger partial charge is 0.396 e. The lowest BCUT2D eigenvalue weighted by Gasteiger charge is -2.07. The van der Waals surface area contributed by atoms with Gasteiger partial charge >= 0.3 is 0 Å².